The number of nitrogens with one attached hydrogen (secondary N) is 1. The first-order valence-corrected chi connectivity index (χ1v) is 7.65. The van der Waals surface area contributed by atoms with E-state index in [2.05, 4.69) is 43.8 Å². The molecule has 1 aromatic carbocycles. The molecule has 0 saturated carbocycles. The maximum absolute atomic E-state index is 11.6. The first-order chi connectivity index (χ1) is 9.97. The first kappa shape index (κ1) is 17.5. The summed E-state index contributed by atoms with van der Waals surface area (Å²) in [6.45, 7) is 6.03. The molecule has 0 unspecified atom stereocenters. The molecule has 0 saturated heterocycles. The Hall–Kier alpha value is -1.52. The van der Waals surface area contributed by atoms with Gasteiger partial charge in [0.25, 0.3) is 5.91 Å². The largest absolute Gasteiger partial charge is 0.490 e. The van der Waals surface area contributed by atoms with Crippen LogP contribution in [0, 0.1) is 11.3 Å². The highest BCUT2D eigenvalue weighted by Crippen LogP contribution is 2.36. The van der Waals surface area contributed by atoms with Crippen LogP contribution < -0.4 is 14.8 Å². The van der Waals surface area contributed by atoms with Crippen molar-refractivity contribution in [3.8, 4) is 17.6 Å². The molecule has 0 heterocycles. The van der Waals surface area contributed by atoms with Crippen LogP contribution in [0.4, 0.5) is 0 Å². The Morgan fingerprint density at radius 2 is 2.19 bits per heavy atom. The zero-order valence-corrected chi connectivity index (χ0v) is 14.6. The van der Waals surface area contributed by atoms with Gasteiger partial charge in [0.1, 0.15) is 0 Å². The number of hydrogen-bond acceptors (Lipinski definition) is 4. The Bertz CT molecular complexity index is 582. The Labute approximate surface area is 140 Å². The van der Waals surface area contributed by atoms with E-state index >= 15 is 0 Å². The highest BCUT2D eigenvalue weighted by Gasteiger charge is 2.14. The Kier molecular flexibility index (Phi) is 7.26. The maximum atomic E-state index is 11.6. The van der Waals surface area contributed by atoms with Crippen molar-refractivity contribution in [3.63, 3.8) is 0 Å². The summed E-state index contributed by atoms with van der Waals surface area (Å²) in [7, 11) is 0. The van der Waals surface area contributed by atoms with Crippen molar-refractivity contribution in [1.82, 2.24) is 5.32 Å². The van der Waals surface area contributed by atoms with E-state index in [1.165, 1.54) is 0 Å². The van der Waals surface area contributed by atoms with Gasteiger partial charge in [-0.3, -0.25) is 4.79 Å². The Morgan fingerprint density at radius 3 is 2.76 bits per heavy atom. The number of hydrogen-bond donors (Lipinski definition) is 1. The first-order valence-electron chi connectivity index (χ1n) is 6.07. The molecule has 7 heteroatoms. The van der Waals surface area contributed by atoms with E-state index < -0.39 is 0 Å². The number of nitrogens with zero attached hydrogens (tertiary/aromatic N) is 1. The summed E-state index contributed by atoms with van der Waals surface area (Å²) in [4.78, 5) is 11.6. The summed E-state index contributed by atoms with van der Waals surface area (Å²) < 4.78 is 12.1. The van der Waals surface area contributed by atoms with E-state index in [0.29, 0.717) is 39.2 Å². The second-order valence-corrected chi connectivity index (χ2v) is 5.89. The molecule has 1 amide bonds. The third kappa shape index (κ3) is 5.78. The van der Waals surface area contributed by atoms with Gasteiger partial charge in [0.2, 0.25) is 0 Å². The molecule has 21 heavy (non-hydrogen) atoms. The molecule has 112 valence electrons. The summed E-state index contributed by atoms with van der Waals surface area (Å²) in [6.07, 6.45) is 0. The number of benzene rings is 1. The number of amides is 1. The van der Waals surface area contributed by atoms with E-state index in [9.17, 15) is 4.79 Å². The third-order valence-corrected chi connectivity index (χ3v) is 3.13. The van der Waals surface area contributed by atoms with Crippen molar-refractivity contribution in [2.45, 2.75) is 6.92 Å². The van der Waals surface area contributed by atoms with Crippen molar-refractivity contribution in [2.75, 3.05) is 19.8 Å². The van der Waals surface area contributed by atoms with E-state index in [-0.39, 0.29) is 12.5 Å². The predicted molar refractivity (Wildman–Crippen MR) is 86.6 cm³/mol. The van der Waals surface area contributed by atoms with Crippen LogP contribution >= 0.6 is 31.9 Å². The summed E-state index contributed by atoms with van der Waals surface area (Å²) in [6, 6.07) is 5.21. The van der Waals surface area contributed by atoms with Crippen molar-refractivity contribution >= 4 is 37.8 Å². The highest BCUT2D eigenvalue weighted by molar-refractivity contribution is 9.11. The summed E-state index contributed by atoms with van der Waals surface area (Å²) >= 11 is 6.46. The average molecular weight is 418 g/mol. The summed E-state index contributed by atoms with van der Waals surface area (Å²) in [5.74, 6) is 0.527. The van der Waals surface area contributed by atoms with Gasteiger partial charge in [0, 0.05) is 17.1 Å². The number of ether oxygens (including phenoxy) is 2. The quantitative estimate of drug-likeness (QED) is 0.739. The Balaban J connectivity index is 2.80. The maximum Gasteiger partial charge on any atom is 0.258 e. The topological polar surface area (TPSA) is 71.3 Å². The Morgan fingerprint density at radius 1 is 1.48 bits per heavy atom. The van der Waals surface area contributed by atoms with E-state index in [1.807, 2.05) is 13.0 Å². The molecule has 0 aliphatic carbocycles. The van der Waals surface area contributed by atoms with Gasteiger partial charge in [-0.15, -0.1) is 0 Å². The van der Waals surface area contributed by atoms with Crippen molar-refractivity contribution in [2.24, 2.45) is 0 Å². The van der Waals surface area contributed by atoms with Gasteiger partial charge in [0.05, 0.1) is 22.7 Å². The lowest BCUT2D eigenvalue weighted by Gasteiger charge is -2.14. The molecule has 0 atom stereocenters. The average Bonchev–Trinajstić information content (AvgIpc) is 2.44. The van der Waals surface area contributed by atoms with Crippen molar-refractivity contribution in [1.29, 1.82) is 5.26 Å². The van der Waals surface area contributed by atoms with Gasteiger partial charge in [-0.1, -0.05) is 22.5 Å². The van der Waals surface area contributed by atoms with Crippen LogP contribution in [0.25, 0.3) is 0 Å². The highest BCUT2D eigenvalue weighted by atomic mass is 79.9. The molecular formula is C14H14Br2N2O3. The van der Waals surface area contributed by atoms with Crippen LogP contribution in [0.15, 0.2) is 27.7 Å². The van der Waals surface area contributed by atoms with Gasteiger partial charge in [-0.2, -0.15) is 5.26 Å². The lowest BCUT2D eigenvalue weighted by molar-refractivity contribution is -0.122. The molecule has 0 bridgehead atoms. The van der Waals surface area contributed by atoms with Crippen LogP contribution in [-0.4, -0.2) is 25.7 Å². The second-order valence-electron chi connectivity index (χ2n) is 3.91. The van der Waals surface area contributed by atoms with Gasteiger partial charge in [0.15, 0.2) is 18.1 Å². The van der Waals surface area contributed by atoms with Crippen LogP contribution in [0.1, 0.15) is 12.5 Å². The normalized spacial score (nSPS) is 9.62. The van der Waals surface area contributed by atoms with Crippen LogP contribution in [-0.2, 0) is 4.79 Å². The smallest absolute Gasteiger partial charge is 0.258 e. The van der Waals surface area contributed by atoms with Crippen LogP contribution in [0.2, 0.25) is 0 Å². The summed E-state index contributed by atoms with van der Waals surface area (Å²) in [5.41, 5.74) is 0.442. The van der Waals surface area contributed by atoms with Gasteiger partial charge >= 0.3 is 0 Å². The van der Waals surface area contributed by atoms with E-state index in [0.717, 1.165) is 0 Å². The predicted octanol–water partition coefficient (Wildman–Crippen LogP) is 3.12. The fourth-order valence-corrected chi connectivity index (χ4v) is 2.12. The van der Waals surface area contributed by atoms with Gasteiger partial charge in [-0.25, -0.2) is 0 Å². The minimum Gasteiger partial charge on any atom is -0.490 e. The van der Waals surface area contributed by atoms with Crippen LogP contribution in [0.3, 0.4) is 0 Å². The number of halogens is 2. The molecule has 1 aromatic rings. The number of rotatable bonds is 7. The molecule has 0 aromatic heterocycles. The molecule has 0 spiro atoms. The van der Waals surface area contributed by atoms with Gasteiger partial charge in [-0.05, 0) is 28.9 Å². The number of carbonyl (C=O) groups is 1. The molecular weight excluding hydrogens is 404 g/mol. The SMILES string of the molecule is C=C(Br)CNC(=O)COc1c(Br)cc(C#N)cc1OCC. The molecule has 1 rings (SSSR count). The van der Waals surface area contributed by atoms with E-state index in [1.54, 1.807) is 12.1 Å². The molecule has 0 aliphatic rings. The van der Waals surface area contributed by atoms with Gasteiger partial charge < -0.3 is 14.8 Å². The van der Waals surface area contributed by atoms with E-state index in [4.69, 9.17) is 14.7 Å². The fourth-order valence-electron chi connectivity index (χ4n) is 1.42. The monoisotopic (exact) mass is 416 g/mol. The molecule has 0 radical (unpaired) electrons. The molecule has 5 nitrogen and oxygen atoms in total. The third-order valence-electron chi connectivity index (χ3n) is 2.26. The minimum atomic E-state index is -0.283. The molecule has 1 N–H and O–H groups in total. The molecule has 0 aliphatic heterocycles. The lowest BCUT2D eigenvalue weighted by atomic mass is 10.2. The number of nitriles is 1. The molecule has 0 fully saturated rings. The second kappa shape index (κ2) is 8.70. The number of carbonyl (C=O) groups excluding carboxylic acids is 1. The van der Waals surface area contributed by atoms with Crippen LogP contribution in [0.5, 0.6) is 11.5 Å². The zero-order valence-electron chi connectivity index (χ0n) is 11.4. The van der Waals surface area contributed by atoms with Crippen molar-refractivity contribution < 1.29 is 14.3 Å². The standard InChI is InChI=1S/C14H14Br2N2O3/c1-3-20-12-5-10(6-17)4-11(16)14(12)21-8-13(19)18-7-9(2)15/h4-5H,2-3,7-8H2,1H3,(H,18,19). The summed E-state index contributed by atoms with van der Waals surface area (Å²) in [5, 5.41) is 11.6. The zero-order chi connectivity index (χ0) is 15.8. The minimum absolute atomic E-state index is 0.162. The van der Waals surface area contributed by atoms with Crippen molar-refractivity contribution in [3.05, 3.63) is 33.2 Å². The fraction of sp³-hybridized carbons (Fsp3) is 0.286. The lowest BCUT2D eigenvalue weighted by Crippen LogP contribution is -2.29.